The molecule has 9 nitrogen and oxygen atoms in total. The number of anilines is 1. The van der Waals surface area contributed by atoms with Crippen LogP contribution in [0, 0.1) is 5.82 Å². The summed E-state index contributed by atoms with van der Waals surface area (Å²) in [6, 6.07) is 9.42. The Bertz CT molecular complexity index is 1440. The summed E-state index contributed by atoms with van der Waals surface area (Å²) in [6.07, 6.45) is -1.11. The molecule has 14 heteroatoms. The first-order valence-corrected chi connectivity index (χ1v) is 13.6. The molecule has 1 aromatic heterocycles. The Labute approximate surface area is 228 Å². The van der Waals surface area contributed by atoms with Gasteiger partial charge in [-0.25, -0.2) is 14.4 Å². The average Bonchev–Trinajstić information content (AvgIpc) is 2.91. The Hall–Kier alpha value is -3.78. The number of hydrogen-bond acceptors (Lipinski definition) is 8. The van der Waals surface area contributed by atoms with E-state index in [2.05, 4.69) is 14.8 Å². The van der Waals surface area contributed by atoms with Crippen LogP contribution in [-0.2, 0) is 25.8 Å². The van der Waals surface area contributed by atoms with Gasteiger partial charge >= 0.3 is 12.6 Å². The highest BCUT2D eigenvalue weighted by Gasteiger charge is 2.37. The molecule has 1 aliphatic rings. The van der Waals surface area contributed by atoms with Crippen LogP contribution in [0.2, 0.25) is 0 Å². The van der Waals surface area contributed by atoms with E-state index < -0.39 is 38.6 Å². The number of halogens is 4. The summed E-state index contributed by atoms with van der Waals surface area (Å²) in [5, 5.41) is 0. The zero-order chi connectivity index (χ0) is 29.1. The van der Waals surface area contributed by atoms with Crippen molar-refractivity contribution in [3.05, 3.63) is 78.0 Å². The number of sulfonamides is 1. The molecule has 0 aliphatic heterocycles. The van der Waals surface area contributed by atoms with Gasteiger partial charge in [-0.05, 0) is 63.0 Å². The van der Waals surface area contributed by atoms with Crippen molar-refractivity contribution >= 4 is 22.3 Å². The monoisotopic (exact) mass is 582 g/mol. The number of benzene rings is 2. The van der Waals surface area contributed by atoms with Crippen molar-refractivity contribution in [2.24, 2.45) is 0 Å². The van der Waals surface area contributed by atoms with Crippen LogP contribution in [0.15, 0.2) is 66.0 Å². The molecule has 1 aliphatic carbocycles. The van der Waals surface area contributed by atoms with Gasteiger partial charge in [0.15, 0.2) is 5.82 Å². The predicted octanol–water partition coefficient (Wildman–Crippen LogP) is 4.56. The molecule has 0 saturated heterocycles. The fourth-order valence-corrected chi connectivity index (χ4v) is 5.99. The third-order valence-electron chi connectivity index (χ3n) is 6.68. The first-order chi connectivity index (χ1) is 18.9. The van der Waals surface area contributed by atoms with Crippen LogP contribution in [-0.4, -0.2) is 56.0 Å². The van der Waals surface area contributed by atoms with Crippen molar-refractivity contribution < 1.29 is 40.3 Å². The Kier molecular flexibility index (Phi) is 8.59. The summed E-state index contributed by atoms with van der Waals surface area (Å²) in [5.41, 5.74) is -0.112. The lowest BCUT2D eigenvalue weighted by Gasteiger charge is -2.40. The van der Waals surface area contributed by atoms with Crippen LogP contribution in [0.3, 0.4) is 0 Å². The highest BCUT2D eigenvalue weighted by molar-refractivity contribution is 7.92. The van der Waals surface area contributed by atoms with Gasteiger partial charge in [0.2, 0.25) is 0 Å². The second-order valence-corrected chi connectivity index (χ2v) is 11.1. The maximum absolute atomic E-state index is 15.1. The molecule has 3 aromatic rings. The van der Waals surface area contributed by atoms with E-state index in [1.807, 2.05) is 19.0 Å². The van der Waals surface area contributed by atoms with Crippen LogP contribution < -0.4 is 9.21 Å². The minimum absolute atomic E-state index is 0.0655. The fraction of sp³-hybridized carbons (Fsp3) is 0.346. The topological polar surface area (TPSA) is 102 Å². The molecular formula is C26H26F4N4O5S. The average molecular weight is 583 g/mol. The number of carbonyl (C=O) groups excluding carboxylic acids is 1. The number of aromatic nitrogens is 2. The quantitative estimate of drug-likeness (QED) is 0.206. The van der Waals surface area contributed by atoms with Crippen LogP contribution in [0.4, 0.5) is 23.4 Å². The molecule has 40 heavy (non-hydrogen) atoms. The Morgan fingerprint density at radius 2 is 1.85 bits per heavy atom. The zero-order valence-corrected chi connectivity index (χ0v) is 22.3. The normalized spacial score (nSPS) is 19.7. The lowest BCUT2D eigenvalue weighted by molar-refractivity contribution is -0.137. The molecule has 0 amide bonds. The van der Waals surface area contributed by atoms with Crippen LogP contribution in [0.5, 0.6) is 5.75 Å². The highest BCUT2D eigenvalue weighted by atomic mass is 32.2. The van der Waals surface area contributed by atoms with Crippen molar-refractivity contribution in [3.63, 3.8) is 0 Å². The minimum Gasteiger partial charge on any atom is -0.489 e. The van der Waals surface area contributed by atoms with Gasteiger partial charge in [0.05, 0.1) is 5.56 Å². The van der Waals surface area contributed by atoms with Gasteiger partial charge in [-0.3, -0.25) is 4.79 Å². The largest absolute Gasteiger partial charge is 0.489 e. The third kappa shape index (κ3) is 6.33. The summed E-state index contributed by atoms with van der Waals surface area (Å²) in [7, 11) is -1.06. The van der Waals surface area contributed by atoms with Gasteiger partial charge in [-0.2, -0.15) is 21.6 Å². The van der Waals surface area contributed by atoms with Crippen molar-refractivity contribution in [1.29, 1.82) is 0 Å². The molecule has 0 N–H and O–H groups in total. The lowest BCUT2D eigenvalue weighted by atomic mass is 9.79. The predicted molar refractivity (Wildman–Crippen MR) is 135 cm³/mol. The maximum atomic E-state index is 15.1. The standard InChI is InChI=1S/C26H26F4N4O5S/c1-33(2)22-13-18(17-4-3-5-19(12-17)26(28,29)30)6-8-23(22)39-20-7-9-24(21(27)14-20)40(36,37)34(38-16-35)25-10-11-31-15-32-25/h3-5,7,9-12,14-16,18,22-23H,6,8,13H2,1-2H3/t18-,22-,23-/m0/s1. The number of hydrogen-bond donors (Lipinski definition) is 0. The molecule has 0 unspecified atom stereocenters. The number of nitrogens with zero attached hydrogens (tertiary/aromatic N) is 4. The van der Waals surface area contributed by atoms with Gasteiger partial charge in [-0.1, -0.05) is 22.7 Å². The van der Waals surface area contributed by atoms with Gasteiger partial charge in [-0.15, -0.1) is 0 Å². The van der Waals surface area contributed by atoms with E-state index >= 15 is 4.39 Å². The summed E-state index contributed by atoms with van der Waals surface area (Å²) >= 11 is 0. The number of rotatable bonds is 9. The molecule has 1 heterocycles. The van der Waals surface area contributed by atoms with E-state index in [1.54, 1.807) is 6.07 Å². The van der Waals surface area contributed by atoms with Crippen molar-refractivity contribution in [3.8, 4) is 5.75 Å². The van der Waals surface area contributed by atoms with Crippen molar-refractivity contribution in [2.45, 2.75) is 48.4 Å². The van der Waals surface area contributed by atoms with Crippen LogP contribution in [0.1, 0.15) is 36.3 Å². The number of carbonyl (C=O) groups is 1. The summed E-state index contributed by atoms with van der Waals surface area (Å²) < 4.78 is 87.2. The number of likely N-dealkylation sites (N-methyl/N-ethyl adjacent to an activating group) is 1. The first kappa shape index (κ1) is 29.2. The molecule has 1 fully saturated rings. The fourth-order valence-electron chi connectivity index (χ4n) is 4.76. The van der Waals surface area contributed by atoms with E-state index in [-0.39, 0.29) is 34.5 Å². The van der Waals surface area contributed by atoms with Gasteiger partial charge in [0.1, 0.15) is 28.9 Å². The molecule has 214 valence electrons. The lowest BCUT2D eigenvalue weighted by Crippen LogP contribution is -2.46. The second kappa shape index (κ2) is 11.8. The second-order valence-electron chi connectivity index (χ2n) is 9.41. The number of ether oxygens (including phenoxy) is 1. The summed E-state index contributed by atoms with van der Waals surface area (Å²) in [5.74, 6) is -1.53. The van der Waals surface area contributed by atoms with Crippen molar-refractivity contribution in [2.75, 3.05) is 18.6 Å². The van der Waals surface area contributed by atoms with Crippen LogP contribution >= 0.6 is 0 Å². The van der Waals surface area contributed by atoms with E-state index in [4.69, 9.17) is 4.74 Å². The van der Waals surface area contributed by atoms with E-state index in [0.717, 1.165) is 30.6 Å². The van der Waals surface area contributed by atoms with Gasteiger partial charge in [0, 0.05) is 24.4 Å². The Morgan fingerprint density at radius 1 is 1.07 bits per heavy atom. The molecule has 2 aromatic carbocycles. The SMILES string of the molecule is CN(C)[C@H]1C[C@@H](c2cccc(C(F)(F)F)c2)CC[C@@H]1Oc1ccc(S(=O)(=O)N(OC=O)c2ccncn2)c(F)c1. The molecule has 1 saturated carbocycles. The summed E-state index contributed by atoms with van der Waals surface area (Å²) in [4.78, 5) is 24.0. The van der Waals surface area contributed by atoms with E-state index in [1.165, 1.54) is 24.4 Å². The maximum Gasteiger partial charge on any atom is 0.416 e. The molecule has 4 rings (SSSR count). The molecule has 0 bridgehead atoms. The van der Waals surface area contributed by atoms with E-state index in [0.29, 0.717) is 24.8 Å². The molecule has 3 atom stereocenters. The molecule has 0 spiro atoms. The third-order valence-corrected chi connectivity index (χ3v) is 8.28. The van der Waals surface area contributed by atoms with Gasteiger partial charge in [0.25, 0.3) is 10.0 Å². The van der Waals surface area contributed by atoms with E-state index in [9.17, 15) is 26.4 Å². The number of alkyl halides is 3. The smallest absolute Gasteiger partial charge is 0.416 e. The van der Waals surface area contributed by atoms with Crippen LogP contribution in [0.25, 0.3) is 0 Å². The minimum atomic E-state index is -4.70. The highest BCUT2D eigenvalue weighted by Crippen LogP contribution is 2.39. The zero-order valence-electron chi connectivity index (χ0n) is 21.5. The first-order valence-electron chi connectivity index (χ1n) is 12.1. The Balaban J connectivity index is 1.53. The molecular weight excluding hydrogens is 556 g/mol. The van der Waals surface area contributed by atoms with Gasteiger partial charge < -0.3 is 14.5 Å². The molecule has 0 radical (unpaired) electrons. The van der Waals surface area contributed by atoms with Crippen molar-refractivity contribution in [1.82, 2.24) is 14.9 Å². The Morgan fingerprint density at radius 3 is 2.48 bits per heavy atom. The summed E-state index contributed by atoms with van der Waals surface area (Å²) in [6.45, 7) is -0.133.